The topological polar surface area (TPSA) is 70.4 Å². The lowest BCUT2D eigenvalue weighted by atomic mass is 10.00. The SMILES string of the molecule is COc1ccc([C@@H]2C=C(c3ccc(Cl)cc3OC(F)F)Nc3ncnn32)c(OC)c1. The van der Waals surface area contributed by atoms with E-state index in [1.165, 1.54) is 12.4 Å². The van der Waals surface area contributed by atoms with Gasteiger partial charge in [-0.25, -0.2) is 4.68 Å². The monoisotopic (exact) mass is 434 g/mol. The van der Waals surface area contributed by atoms with Gasteiger partial charge in [0.25, 0.3) is 0 Å². The molecule has 1 atom stereocenters. The molecule has 0 aliphatic carbocycles. The van der Waals surface area contributed by atoms with E-state index in [-0.39, 0.29) is 10.8 Å². The molecule has 1 aromatic heterocycles. The summed E-state index contributed by atoms with van der Waals surface area (Å²) in [6, 6.07) is 9.54. The average Bonchev–Trinajstić information content (AvgIpc) is 3.21. The highest BCUT2D eigenvalue weighted by Crippen LogP contribution is 2.40. The molecule has 2 heterocycles. The molecule has 1 aliphatic heterocycles. The Hall–Kier alpha value is -3.33. The van der Waals surface area contributed by atoms with Crippen molar-refractivity contribution in [3.05, 3.63) is 65.0 Å². The zero-order valence-corrected chi connectivity index (χ0v) is 16.7. The number of anilines is 1. The number of halogens is 3. The molecule has 0 bridgehead atoms. The van der Waals surface area contributed by atoms with Crippen LogP contribution in [0.3, 0.4) is 0 Å². The Kier molecular flexibility index (Phi) is 5.45. The van der Waals surface area contributed by atoms with Gasteiger partial charge in [-0.05, 0) is 36.4 Å². The van der Waals surface area contributed by atoms with E-state index in [4.69, 9.17) is 21.1 Å². The standard InChI is InChI=1S/C20H17ClF2N4O3/c1-28-12-4-6-14(17(8-12)29-2)16-9-15(26-20-24-10-25-27(16)20)13-5-3-11(21)7-18(13)30-19(22)23/h3-10,16,19H,1-2H3,(H,24,25,26)/t16-/m0/s1. The zero-order chi connectivity index (χ0) is 21.3. The summed E-state index contributed by atoms with van der Waals surface area (Å²) < 4.78 is 43.0. The largest absolute Gasteiger partial charge is 0.497 e. The number of hydrogen-bond acceptors (Lipinski definition) is 6. The van der Waals surface area contributed by atoms with E-state index in [0.29, 0.717) is 28.7 Å². The van der Waals surface area contributed by atoms with E-state index < -0.39 is 12.7 Å². The van der Waals surface area contributed by atoms with Gasteiger partial charge < -0.3 is 19.5 Å². The van der Waals surface area contributed by atoms with Gasteiger partial charge in [-0.2, -0.15) is 18.9 Å². The molecule has 0 amide bonds. The van der Waals surface area contributed by atoms with Crippen molar-refractivity contribution in [1.82, 2.24) is 14.8 Å². The molecule has 3 aromatic rings. The van der Waals surface area contributed by atoms with E-state index in [0.717, 1.165) is 5.56 Å². The Morgan fingerprint density at radius 1 is 1.10 bits per heavy atom. The molecule has 0 saturated heterocycles. The highest BCUT2D eigenvalue weighted by Gasteiger charge is 2.27. The Morgan fingerprint density at radius 3 is 2.67 bits per heavy atom. The molecule has 1 aliphatic rings. The number of methoxy groups -OCH3 is 2. The lowest BCUT2D eigenvalue weighted by molar-refractivity contribution is -0.0500. The van der Waals surface area contributed by atoms with Gasteiger partial charge >= 0.3 is 6.61 Å². The Balaban J connectivity index is 1.84. The van der Waals surface area contributed by atoms with E-state index in [2.05, 4.69) is 20.1 Å². The molecule has 1 N–H and O–H groups in total. The number of rotatable bonds is 6. The molecule has 30 heavy (non-hydrogen) atoms. The van der Waals surface area contributed by atoms with E-state index in [1.54, 1.807) is 43.2 Å². The summed E-state index contributed by atoms with van der Waals surface area (Å²) in [4.78, 5) is 4.23. The van der Waals surface area contributed by atoms with Gasteiger partial charge in [-0.3, -0.25) is 0 Å². The van der Waals surface area contributed by atoms with Crippen LogP contribution in [-0.4, -0.2) is 35.6 Å². The minimum absolute atomic E-state index is 0.0512. The predicted octanol–water partition coefficient (Wildman–Crippen LogP) is 4.61. The first-order valence-corrected chi connectivity index (χ1v) is 9.23. The fourth-order valence-corrected chi connectivity index (χ4v) is 3.45. The molecular formula is C20H17ClF2N4O3. The van der Waals surface area contributed by atoms with Crippen LogP contribution in [0.1, 0.15) is 17.2 Å². The fourth-order valence-electron chi connectivity index (χ4n) is 3.29. The number of aromatic nitrogens is 3. The van der Waals surface area contributed by atoms with Gasteiger partial charge in [-0.1, -0.05) is 11.6 Å². The van der Waals surface area contributed by atoms with Gasteiger partial charge in [0.2, 0.25) is 5.95 Å². The van der Waals surface area contributed by atoms with E-state index >= 15 is 0 Å². The summed E-state index contributed by atoms with van der Waals surface area (Å²) in [5.41, 5.74) is 1.71. The van der Waals surface area contributed by atoms with Crippen LogP contribution in [0.15, 0.2) is 48.8 Å². The van der Waals surface area contributed by atoms with Crippen molar-refractivity contribution < 1.29 is 23.0 Å². The predicted molar refractivity (Wildman–Crippen MR) is 107 cm³/mol. The van der Waals surface area contributed by atoms with E-state index in [9.17, 15) is 8.78 Å². The molecule has 10 heteroatoms. The number of alkyl halides is 2. The van der Waals surface area contributed by atoms with Crippen molar-refractivity contribution in [3.63, 3.8) is 0 Å². The maximum Gasteiger partial charge on any atom is 0.387 e. The van der Waals surface area contributed by atoms with Crippen molar-refractivity contribution in [3.8, 4) is 17.2 Å². The second-order valence-corrected chi connectivity index (χ2v) is 6.74. The van der Waals surface area contributed by atoms with Crippen LogP contribution < -0.4 is 19.5 Å². The highest BCUT2D eigenvalue weighted by atomic mass is 35.5. The Labute approximate surface area is 175 Å². The number of nitrogens with zero attached hydrogens (tertiary/aromatic N) is 3. The molecule has 0 saturated carbocycles. The summed E-state index contributed by atoms with van der Waals surface area (Å²) in [6.45, 7) is -2.99. The zero-order valence-electron chi connectivity index (χ0n) is 16.0. The van der Waals surface area contributed by atoms with Crippen LogP contribution >= 0.6 is 11.6 Å². The Morgan fingerprint density at radius 2 is 1.93 bits per heavy atom. The first-order chi connectivity index (χ1) is 14.5. The molecule has 156 valence electrons. The fraction of sp³-hybridized carbons (Fsp3) is 0.200. The summed E-state index contributed by atoms with van der Waals surface area (Å²) in [5, 5.41) is 7.67. The van der Waals surface area contributed by atoms with Crippen LogP contribution in [0.4, 0.5) is 14.7 Å². The number of nitrogens with one attached hydrogen (secondary N) is 1. The molecule has 2 aromatic carbocycles. The lowest BCUT2D eigenvalue weighted by Crippen LogP contribution is -2.21. The molecule has 7 nitrogen and oxygen atoms in total. The number of benzene rings is 2. The first-order valence-electron chi connectivity index (χ1n) is 8.85. The van der Waals surface area contributed by atoms with Crippen LogP contribution in [-0.2, 0) is 0 Å². The van der Waals surface area contributed by atoms with Crippen molar-refractivity contribution in [1.29, 1.82) is 0 Å². The van der Waals surface area contributed by atoms with Crippen LogP contribution in [0.25, 0.3) is 5.70 Å². The van der Waals surface area contributed by atoms with Crippen LogP contribution in [0.5, 0.6) is 17.2 Å². The third-order valence-electron chi connectivity index (χ3n) is 4.62. The molecule has 0 unspecified atom stereocenters. The number of hydrogen-bond donors (Lipinski definition) is 1. The van der Waals surface area contributed by atoms with Gasteiger partial charge in [0.1, 0.15) is 29.6 Å². The first kappa shape index (κ1) is 20.0. The minimum Gasteiger partial charge on any atom is -0.497 e. The van der Waals surface area contributed by atoms with Crippen molar-refractivity contribution in [2.24, 2.45) is 0 Å². The number of ether oxygens (including phenoxy) is 3. The molecular weight excluding hydrogens is 418 g/mol. The minimum atomic E-state index is -2.99. The van der Waals surface area contributed by atoms with Gasteiger partial charge in [-0.15, -0.1) is 0 Å². The second kappa shape index (κ2) is 8.19. The average molecular weight is 435 g/mol. The van der Waals surface area contributed by atoms with Crippen molar-refractivity contribution in [2.75, 3.05) is 19.5 Å². The molecule has 0 fully saturated rings. The maximum atomic E-state index is 12.9. The second-order valence-electron chi connectivity index (χ2n) is 6.31. The van der Waals surface area contributed by atoms with Gasteiger partial charge in [0.05, 0.1) is 19.9 Å². The summed E-state index contributed by atoms with van der Waals surface area (Å²) in [7, 11) is 3.12. The molecule has 0 radical (unpaired) electrons. The smallest absolute Gasteiger partial charge is 0.387 e. The Bertz CT molecular complexity index is 1100. The molecule has 4 rings (SSSR count). The van der Waals surface area contributed by atoms with Crippen LogP contribution in [0, 0.1) is 0 Å². The van der Waals surface area contributed by atoms with Gasteiger partial charge in [0.15, 0.2) is 0 Å². The lowest BCUT2D eigenvalue weighted by Gasteiger charge is -2.26. The van der Waals surface area contributed by atoms with Crippen LogP contribution in [0.2, 0.25) is 5.02 Å². The van der Waals surface area contributed by atoms with Crippen molar-refractivity contribution >= 4 is 23.2 Å². The summed E-state index contributed by atoms with van der Waals surface area (Å²) in [5.74, 6) is 1.61. The highest BCUT2D eigenvalue weighted by molar-refractivity contribution is 6.30. The third-order valence-corrected chi connectivity index (χ3v) is 4.85. The summed E-state index contributed by atoms with van der Waals surface area (Å²) in [6.07, 6.45) is 3.23. The van der Waals surface area contributed by atoms with E-state index in [1.807, 2.05) is 12.1 Å². The maximum absolute atomic E-state index is 12.9. The third kappa shape index (κ3) is 3.76. The quantitative estimate of drug-likeness (QED) is 0.611. The number of fused-ring (bicyclic) bond motifs is 1. The number of allylic oxidation sites excluding steroid dienone is 1. The van der Waals surface area contributed by atoms with Gasteiger partial charge in [0, 0.05) is 22.2 Å². The summed E-state index contributed by atoms with van der Waals surface area (Å²) >= 11 is 5.98. The molecule has 0 spiro atoms. The normalized spacial score (nSPS) is 15.3. The van der Waals surface area contributed by atoms with Crippen molar-refractivity contribution in [2.45, 2.75) is 12.7 Å².